The first kappa shape index (κ1) is 17.8. The van der Waals surface area contributed by atoms with Gasteiger partial charge in [-0.2, -0.15) is 0 Å². The molecule has 1 amide bonds. The number of amides is 1. The second kappa shape index (κ2) is 7.28. The Morgan fingerprint density at radius 2 is 1.96 bits per heavy atom. The van der Waals surface area contributed by atoms with Crippen LogP contribution in [0.5, 0.6) is 5.75 Å². The summed E-state index contributed by atoms with van der Waals surface area (Å²) in [6, 6.07) is 12.7. The van der Waals surface area contributed by atoms with E-state index >= 15 is 0 Å². The normalized spacial score (nSPS) is 23.8. The molecule has 1 saturated carbocycles. The lowest BCUT2D eigenvalue weighted by atomic mass is 9.76. The Kier molecular flexibility index (Phi) is 4.63. The number of benzene rings is 1. The van der Waals surface area contributed by atoms with E-state index in [0.29, 0.717) is 12.5 Å². The molecule has 5 heteroatoms. The van der Waals surface area contributed by atoms with Gasteiger partial charge in [0.15, 0.2) is 0 Å². The quantitative estimate of drug-likeness (QED) is 0.856. The molecular formula is C23H28N2O3. The van der Waals surface area contributed by atoms with Crippen molar-refractivity contribution in [3.8, 4) is 5.75 Å². The molecule has 1 saturated heterocycles. The fourth-order valence-electron chi connectivity index (χ4n) is 4.71. The second-order valence-electron chi connectivity index (χ2n) is 8.63. The Morgan fingerprint density at radius 1 is 1.14 bits per heavy atom. The smallest absolute Gasteiger partial charge is 0.220 e. The fourth-order valence-corrected chi connectivity index (χ4v) is 4.71. The van der Waals surface area contributed by atoms with Crippen molar-refractivity contribution < 1.29 is 13.9 Å². The minimum Gasteiger partial charge on any atom is -0.487 e. The van der Waals surface area contributed by atoms with Gasteiger partial charge >= 0.3 is 0 Å². The number of hydrogen-bond acceptors (Lipinski definition) is 4. The van der Waals surface area contributed by atoms with E-state index in [1.54, 1.807) is 6.26 Å². The number of ether oxygens (including phenoxy) is 1. The van der Waals surface area contributed by atoms with E-state index in [1.165, 1.54) is 5.56 Å². The predicted molar refractivity (Wildman–Crippen MR) is 106 cm³/mol. The van der Waals surface area contributed by atoms with Crippen molar-refractivity contribution in [3.63, 3.8) is 0 Å². The van der Waals surface area contributed by atoms with E-state index in [1.807, 2.05) is 18.2 Å². The highest BCUT2D eigenvalue weighted by molar-refractivity contribution is 5.77. The number of fused-ring (bicyclic) bond motifs is 1. The Balaban J connectivity index is 1.28. The van der Waals surface area contributed by atoms with Crippen LogP contribution < -0.4 is 10.1 Å². The number of furan rings is 1. The molecule has 1 aliphatic carbocycles. The van der Waals surface area contributed by atoms with Gasteiger partial charge in [-0.25, -0.2) is 0 Å². The third-order valence-corrected chi connectivity index (χ3v) is 6.40. The summed E-state index contributed by atoms with van der Waals surface area (Å²) >= 11 is 0. The number of para-hydroxylation sites is 1. The van der Waals surface area contributed by atoms with Gasteiger partial charge in [-0.1, -0.05) is 18.2 Å². The molecule has 5 rings (SSSR count). The first-order valence-electron chi connectivity index (χ1n) is 10.5. The first-order chi connectivity index (χ1) is 13.7. The van der Waals surface area contributed by atoms with Gasteiger partial charge in [0.05, 0.1) is 12.8 Å². The summed E-state index contributed by atoms with van der Waals surface area (Å²) in [5, 5.41) is 3.16. The number of hydrogen-bond donors (Lipinski definition) is 1. The van der Waals surface area contributed by atoms with E-state index in [9.17, 15) is 4.79 Å². The molecule has 148 valence electrons. The maximum absolute atomic E-state index is 12.5. The maximum Gasteiger partial charge on any atom is 0.220 e. The van der Waals surface area contributed by atoms with Crippen LogP contribution in [0.1, 0.15) is 55.8 Å². The maximum atomic E-state index is 12.5. The van der Waals surface area contributed by atoms with Crippen molar-refractivity contribution >= 4 is 5.91 Å². The van der Waals surface area contributed by atoms with Gasteiger partial charge in [-0.3, -0.25) is 9.69 Å². The molecule has 28 heavy (non-hydrogen) atoms. The highest BCUT2D eigenvalue weighted by Gasteiger charge is 2.43. The predicted octanol–water partition coefficient (Wildman–Crippen LogP) is 3.85. The summed E-state index contributed by atoms with van der Waals surface area (Å²) in [5.41, 5.74) is 1.04. The van der Waals surface area contributed by atoms with Crippen molar-refractivity contribution in [2.24, 2.45) is 0 Å². The van der Waals surface area contributed by atoms with E-state index in [-0.39, 0.29) is 17.4 Å². The Labute approximate surface area is 166 Å². The standard InChI is InChI=1S/C23H28N2O3/c26-22(24-18-7-8-18)14-17-15-23(28-21-6-2-1-5-20(17)21)9-11-25(12-10-23)16-19-4-3-13-27-19/h1-6,13,17-18H,7-12,14-16H2,(H,24,26)/t17-/m1/s1. The average molecular weight is 380 g/mol. The van der Waals surface area contributed by atoms with Crippen molar-refractivity contribution in [1.82, 2.24) is 10.2 Å². The molecule has 5 nitrogen and oxygen atoms in total. The molecule has 3 heterocycles. The number of carbonyl (C=O) groups excluding carboxylic acids is 1. The zero-order valence-electron chi connectivity index (χ0n) is 16.2. The van der Waals surface area contributed by atoms with Gasteiger partial charge in [0.2, 0.25) is 5.91 Å². The van der Waals surface area contributed by atoms with Crippen LogP contribution in [0.3, 0.4) is 0 Å². The molecule has 1 spiro atoms. The summed E-state index contributed by atoms with van der Waals surface area (Å²) in [5.74, 6) is 2.41. The largest absolute Gasteiger partial charge is 0.487 e. The van der Waals surface area contributed by atoms with Crippen LogP contribution >= 0.6 is 0 Å². The van der Waals surface area contributed by atoms with Crippen LogP contribution in [-0.4, -0.2) is 35.5 Å². The lowest BCUT2D eigenvalue weighted by Gasteiger charge is -2.46. The summed E-state index contributed by atoms with van der Waals surface area (Å²) in [4.78, 5) is 14.9. The minimum atomic E-state index is -0.154. The summed E-state index contributed by atoms with van der Waals surface area (Å²) in [6.45, 7) is 2.83. The van der Waals surface area contributed by atoms with Gasteiger partial charge in [-0.05, 0) is 55.9 Å². The molecular weight excluding hydrogens is 352 g/mol. The van der Waals surface area contributed by atoms with E-state index in [2.05, 4.69) is 28.4 Å². The lowest BCUT2D eigenvalue weighted by Crippen LogP contribution is -2.50. The average Bonchev–Trinajstić information content (AvgIpc) is 3.35. The molecule has 2 aromatic rings. The van der Waals surface area contributed by atoms with Crippen LogP contribution in [0, 0.1) is 0 Å². The molecule has 2 aliphatic heterocycles. The molecule has 0 unspecified atom stereocenters. The van der Waals surface area contributed by atoms with Crippen molar-refractivity contribution in [2.45, 2.75) is 62.6 Å². The molecule has 1 aromatic heterocycles. The minimum absolute atomic E-state index is 0.154. The fraction of sp³-hybridized carbons (Fsp3) is 0.522. The zero-order valence-corrected chi connectivity index (χ0v) is 16.2. The molecule has 1 N–H and O–H groups in total. The van der Waals surface area contributed by atoms with Gasteiger partial charge in [0, 0.05) is 31.5 Å². The van der Waals surface area contributed by atoms with Crippen molar-refractivity contribution in [1.29, 1.82) is 0 Å². The summed E-state index contributed by atoms with van der Waals surface area (Å²) in [6.07, 6.45) is 7.47. The molecule has 3 aliphatic rings. The van der Waals surface area contributed by atoms with Crippen LogP contribution in [0.25, 0.3) is 0 Å². The number of likely N-dealkylation sites (tertiary alicyclic amines) is 1. The zero-order chi connectivity index (χ0) is 19.0. The number of nitrogens with zero attached hydrogens (tertiary/aromatic N) is 1. The number of nitrogens with one attached hydrogen (secondary N) is 1. The third-order valence-electron chi connectivity index (χ3n) is 6.40. The van der Waals surface area contributed by atoms with Gasteiger partial charge in [-0.15, -0.1) is 0 Å². The van der Waals surface area contributed by atoms with Crippen LogP contribution in [0.15, 0.2) is 47.1 Å². The molecule has 0 bridgehead atoms. The highest BCUT2D eigenvalue weighted by Crippen LogP contribution is 2.46. The Bertz CT molecular complexity index is 820. The molecule has 2 fully saturated rings. The molecule has 1 atom stereocenters. The molecule has 0 radical (unpaired) electrons. The van der Waals surface area contributed by atoms with Gasteiger partial charge < -0.3 is 14.5 Å². The summed E-state index contributed by atoms with van der Waals surface area (Å²) < 4.78 is 12.1. The molecule has 1 aromatic carbocycles. The summed E-state index contributed by atoms with van der Waals surface area (Å²) in [7, 11) is 0. The van der Waals surface area contributed by atoms with E-state index in [4.69, 9.17) is 9.15 Å². The second-order valence-corrected chi connectivity index (χ2v) is 8.63. The Hall–Kier alpha value is -2.27. The van der Waals surface area contributed by atoms with Crippen LogP contribution in [0.4, 0.5) is 0 Å². The van der Waals surface area contributed by atoms with E-state index in [0.717, 1.165) is 63.2 Å². The number of piperidine rings is 1. The Morgan fingerprint density at radius 3 is 2.71 bits per heavy atom. The SMILES string of the molecule is O=C(C[C@@H]1CC2(CCN(Cc3ccco3)CC2)Oc2ccccc21)NC1CC1. The van der Waals surface area contributed by atoms with Gasteiger partial charge in [0.25, 0.3) is 0 Å². The van der Waals surface area contributed by atoms with Crippen LogP contribution in [-0.2, 0) is 11.3 Å². The number of rotatable bonds is 5. The van der Waals surface area contributed by atoms with Crippen molar-refractivity contribution in [2.75, 3.05) is 13.1 Å². The number of carbonyl (C=O) groups is 1. The van der Waals surface area contributed by atoms with Gasteiger partial charge in [0.1, 0.15) is 17.1 Å². The van der Waals surface area contributed by atoms with Crippen molar-refractivity contribution in [3.05, 3.63) is 54.0 Å². The van der Waals surface area contributed by atoms with Crippen LogP contribution in [0.2, 0.25) is 0 Å². The highest BCUT2D eigenvalue weighted by atomic mass is 16.5. The first-order valence-corrected chi connectivity index (χ1v) is 10.5. The van der Waals surface area contributed by atoms with E-state index < -0.39 is 0 Å². The third kappa shape index (κ3) is 3.81. The monoisotopic (exact) mass is 380 g/mol. The lowest BCUT2D eigenvalue weighted by molar-refractivity contribution is -0.122. The topological polar surface area (TPSA) is 54.7 Å².